The van der Waals surface area contributed by atoms with Gasteiger partial charge in [-0.15, -0.1) is 0 Å². The summed E-state index contributed by atoms with van der Waals surface area (Å²) in [7, 11) is 1.55. The number of aryl methyl sites for hydroxylation is 2. The SMILES string of the molecule is COc1cc2ccccc2cc1C(=O)Nc1cc(-c2nc3cc(C)c(C)cc3o2)ccc1Cl. The highest BCUT2D eigenvalue weighted by atomic mass is 35.5. The second kappa shape index (κ2) is 8.26. The Morgan fingerprint density at radius 1 is 0.970 bits per heavy atom. The zero-order valence-corrected chi connectivity index (χ0v) is 19.2. The largest absolute Gasteiger partial charge is 0.496 e. The van der Waals surface area contributed by atoms with Crippen LogP contribution in [0.25, 0.3) is 33.3 Å². The van der Waals surface area contributed by atoms with Gasteiger partial charge in [-0.25, -0.2) is 4.98 Å². The van der Waals surface area contributed by atoms with Gasteiger partial charge in [-0.05, 0) is 78.2 Å². The van der Waals surface area contributed by atoms with Gasteiger partial charge in [0.2, 0.25) is 5.89 Å². The molecule has 0 aliphatic heterocycles. The molecule has 1 N–H and O–H groups in total. The smallest absolute Gasteiger partial charge is 0.259 e. The molecule has 164 valence electrons. The maximum atomic E-state index is 13.2. The van der Waals surface area contributed by atoms with Gasteiger partial charge in [-0.2, -0.15) is 0 Å². The number of carbonyl (C=O) groups excluding carboxylic acids is 1. The number of nitrogens with zero attached hydrogens (tertiary/aromatic N) is 1. The lowest BCUT2D eigenvalue weighted by atomic mass is 10.1. The van der Waals surface area contributed by atoms with Crippen molar-refractivity contribution < 1.29 is 13.9 Å². The van der Waals surface area contributed by atoms with Gasteiger partial charge in [-0.1, -0.05) is 35.9 Å². The molecule has 6 heteroatoms. The summed E-state index contributed by atoms with van der Waals surface area (Å²) >= 11 is 6.41. The van der Waals surface area contributed by atoms with Gasteiger partial charge in [0.15, 0.2) is 5.58 Å². The van der Waals surface area contributed by atoms with Crippen LogP contribution in [0.1, 0.15) is 21.5 Å². The Morgan fingerprint density at radius 2 is 1.70 bits per heavy atom. The summed E-state index contributed by atoms with van der Waals surface area (Å²) < 4.78 is 11.4. The first-order valence-corrected chi connectivity index (χ1v) is 10.9. The van der Waals surface area contributed by atoms with Gasteiger partial charge >= 0.3 is 0 Å². The van der Waals surface area contributed by atoms with Crippen LogP contribution in [0.3, 0.4) is 0 Å². The molecule has 33 heavy (non-hydrogen) atoms. The summed E-state index contributed by atoms with van der Waals surface area (Å²) in [4.78, 5) is 17.8. The fourth-order valence-electron chi connectivity index (χ4n) is 3.81. The number of carbonyl (C=O) groups is 1. The van der Waals surface area contributed by atoms with E-state index in [1.54, 1.807) is 19.2 Å². The predicted octanol–water partition coefficient (Wildman–Crippen LogP) is 7.18. The van der Waals surface area contributed by atoms with E-state index in [-0.39, 0.29) is 5.91 Å². The Labute approximate surface area is 196 Å². The monoisotopic (exact) mass is 456 g/mol. The van der Waals surface area contributed by atoms with Crippen LogP contribution in [0.2, 0.25) is 5.02 Å². The van der Waals surface area contributed by atoms with Crippen molar-refractivity contribution in [1.29, 1.82) is 0 Å². The van der Waals surface area contributed by atoms with Crippen LogP contribution in [-0.2, 0) is 0 Å². The molecule has 0 saturated heterocycles. The second-order valence-electron chi connectivity index (χ2n) is 7.97. The molecule has 0 atom stereocenters. The molecule has 1 amide bonds. The van der Waals surface area contributed by atoms with Crippen LogP contribution in [0.5, 0.6) is 5.75 Å². The molecule has 0 aliphatic carbocycles. The second-order valence-corrected chi connectivity index (χ2v) is 8.38. The number of ether oxygens (including phenoxy) is 1. The number of amides is 1. The molecular weight excluding hydrogens is 436 g/mol. The number of fused-ring (bicyclic) bond motifs is 2. The van der Waals surface area contributed by atoms with Crippen LogP contribution in [0.15, 0.2) is 71.1 Å². The first-order chi connectivity index (χ1) is 15.9. The minimum Gasteiger partial charge on any atom is -0.496 e. The van der Waals surface area contributed by atoms with Crippen molar-refractivity contribution in [3.63, 3.8) is 0 Å². The lowest BCUT2D eigenvalue weighted by Crippen LogP contribution is -2.13. The summed E-state index contributed by atoms with van der Waals surface area (Å²) in [6.07, 6.45) is 0. The number of halogens is 1. The number of hydrogen-bond donors (Lipinski definition) is 1. The lowest BCUT2D eigenvalue weighted by molar-refractivity contribution is 0.102. The molecule has 5 aromatic rings. The Kier molecular flexibility index (Phi) is 5.27. The number of oxazole rings is 1. The molecule has 0 bridgehead atoms. The van der Waals surface area contributed by atoms with Crippen molar-refractivity contribution in [2.24, 2.45) is 0 Å². The summed E-state index contributed by atoms with van der Waals surface area (Å²) in [5.74, 6) is 0.633. The first-order valence-electron chi connectivity index (χ1n) is 10.5. The molecule has 5 rings (SSSR count). The summed E-state index contributed by atoms with van der Waals surface area (Å²) in [5, 5.41) is 5.26. The minimum atomic E-state index is -0.319. The van der Waals surface area contributed by atoms with E-state index in [1.807, 2.05) is 68.4 Å². The number of hydrogen-bond acceptors (Lipinski definition) is 4. The highest BCUT2D eigenvalue weighted by Crippen LogP contribution is 2.33. The van der Waals surface area contributed by atoms with E-state index >= 15 is 0 Å². The average molecular weight is 457 g/mol. The van der Waals surface area contributed by atoms with Crippen molar-refractivity contribution in [2.75, 3.05) is 12.4 Å². The zero-order chi connectivity index (χ0) is 23.1. The highest BCUT2D eigenvalue weighted by molar-refractivity contribution is 6.34. The molecule has 5 nitrogen and oxygen atoms in total. The quantitative estimate of drug-likeness (QED) is 0.311. The number of benzene rings is 4. The zero-order valence-electron chi connectivity index (χ0n) is 18.4. The van der Waals surface area contributed by atoms with Crippen LogP contribution in [-0.4, -0.2) is 18.0 Å². The summed E-state index contributed by atoms with van der Waals surface area (Å²) in [5.41, 5.74) is 5.39. The van der Waals surface area contributed by atoms with Crippen molar-refractivity contribution in [2.45, 2.75) is 13.8 Å². The van der Waals surface area contributed by atoms with Crippen molar-refractivity contribution in [1.82, 2.24) is 4.98 Å². The van der Waals surface area contributed by atoms with E-state index in [4.69, 9.17) is 20.8 Å². The molecule has 0 saturated carbocycles. The van der Waals surface area contributed by atoms with Gasteiger partial charge in [0.25, 0.3) is 5.91 Å². The highest BCUT2D eigenvalue weighted by Gasteiger charge is 2.17. The van der Waals surface area contributed by atoms with Gasteiger partial charge in [-0.3, -0.25) is 4.79 Å². The van der Waals surface area contributed by atoms with E-state index in [2.05, 4.69) is 10.3 Å². The average Bonchev–Trinajstić information content (AvgIpc) is 3.22. The predicted molar refractivity (Wildman–Crippen MR) is 132 cm³/mol. The normalized spacial score (nSPS) is 11.2. The van der Waals surface area contributed by atoms with E-state index < -0.39 is 0 Å². The molecule has 1 aromatic heterocycles. The van der Waals surface area contributed by atoms with Gasteiger partial charge in [0.1, 0.15) is 11.3 Å². The van der Waals surface area contributed by atoms with Crippen molar-refractivity contribution in [3.8, 4) is 17.2 Å². The Morgan fingerprint density at radius 3 is 2.45 bits per heavy atom. The first kappa shape index (κ1) is 21.0. The van der Waals surface area contributed by atoms with E-state index in [1.165, 1.54) is 0 Å². The summed E-state index contributed by atoms with van der Waals surface area (Å²) in [6, 6.07) is 20.7. The number of aromatic nitrogens is 1. The molecule has 0 aliphatic rings. The third-order valence-corrected chi connectivity index (χ3v) is 6.11. The van der Waals surface area contributed by atoms with Crippen LogP contribution < -0.4 is 10.1 Å². The molecule has 4 aromatic carbocycles. The van der Waals surface area contributed by atoms with Gasteiger partial charge < -0.3 is 14.5 Å². The molecular formula is C27H21ClN2O3. The number of anilines is 1. The fraction of sp³-hybridized carbons (Fsp3) is 0.111. The number of nitrogens with one attached hydrogen (secondary N) is 1. The molecule has 1 heterocycles. The van der Waals surface area contributed by atoms with Crippen molar-refractivity contribution in [3.05, 3.63) is 88.4 Å². The third-order valence-electron chi connectivity index (χ3n) is 5.78. The van der Waals surface area contributed by atoms with Crippen LogP contribution >= 0.6 is 11.6 Å². The Hall–Kier alpha value is -3.83. The maximum Gasteiger partial charge on any atom is 0.259 e. The topological polar surface area (TPSA) is 64.4 Å². The van der Waals surface area contributed by atoms with Crippen LogP contribution in [0.4, 0.5) is 5.69 Å². The molecule has 0 spiro atoms. The molecule has 0 radical (unpaired) electrons. The number of methoxy groups -OCH3 is 1. The van der Waals surface area contributed by atoms with E-state index in [9.17, 15) is 4.79 Å². The van der Waals surface area contributed by atoms with Crippen molar-refractivity contribution >= 4 is 45.1 Å². The van der Waals surface area contributed by atoms with Crippen LogP contribution in [0, 0.1) is 13.8 Å². The fourth-order valence-corrected chi connectivity index (χ4v) is 3.98. The number of rotatable bonds is 4. The molecule has 0 fully saturated rings. The Bertz CT molecular complexity index is 1500. The van der Waals surface area contributed by atoms with E-state index in [0.717, 1.165) is 33.0 Å². The lowest BCUT2D eigenvalue weighted by Gasteiger charge is -2.12. The van der Waals surface area contributed by atoms with Gasteiger partial charge in [0, 0.05) is 5.56 Å². The molecule has 0 unspecified atom stereocenters. The summed E-state index contributed by atoms with van der Waals surface area (Å²) in [6.45, 7) is 4.08. The van der Waals surface area contributed by atoms with Gasteiger partial charge in [0.05, 0.1) is 23.4 Å². The third kappa shape index (κ3) is 3.92. The minimum absolute atomic E-state index is 0.319. The maximum absolute atomic E-state index is 13.2. The standard InChI is InChI=1S/C27H21ClN2O3/c1-15-10-23-25(11-16(15)2)33-27(30-23)19-8-9-21(28)22(13-19)29-26(31)20-12-17-6-4-5-7-18(17)14-24(20)32-3/h4-14H,1-3H3,(H,29,31). The Balaban J connectivity index is 1.50. The van der Waals surface area contributed by atoms with E-state index in [0.29, 0.717) is 33.5 Å².